The van der Waals surface area contributed by atoms with E-state index in [9.17, 15) is 4.79 Å². The molecule has 1 aliphatic rings. The van der Waals surface area contributed by atoms with Crippen LogP contribution in [-0.4, -0.2) is 37.9 Å². The van der Waals surface area contributed by atoms with Crippen molar-refractivity contribution in [1.29, 1.82) is 0 Å². The fraction of sp³-hybridized carbons (Fsp3) is 0.700. The van der Waals surface area contributed by atoms with Crippen LogP contribution in [0.4, 0.5) is 0 Å². The maximum Gasteiger partial charge on any atom is 0.366 e. The molecule has 0 aromatic carbocycles. The number of piperidine rings is 1. The number of aromatic nitrogens is 2. The smallest absolute Gasteiger partial charge is 0.366 e. The largest absolute Gasteiger partial charge is 0.476 e. The lowest BCUT2D eigenvalue weighted by Gasteiger charge is -2.32. The van der Waals surface area contributed by atoms with Crippen molar-refractivity contribution >= 4 is 17.5 Å². The minimum Gasteiger partial charge on any atom is -0.476 e. The second kappa shape index (κ2) is 4.88. The van der Waals surface area contributed by atoms with Crippen LogP contribution in [0, 0.1) is 0 Å². The molecule has 1 atom stereocenters. The molecule has 1 fully saturated rings. The van der Waals surface area contributed by atoms with Gasteiger partial charge in [-0.3, -0.25) is 4.90 Å². The molecule has 0 saturated carbocycles. The van der Waals surface area contributed by atoms with Gasteiger partial charge in [0.1, 0.15) is 0 Å². The molecule has 0 aliphatic carbocycles. The quantitative estimate of drug-likeness (QED) is 0.870. The molecule has 0 spiro atoms. The van der Waals surface area contributed by atoms with Gasteiger partial charge in [0.05, 0.1) is 6.54 Å². The minimum absolute atomic E-state index is 0.0830. The van der Waals surface area contributed by atoms with E-state index in [1.807, 2.05) is 0 Å². The molecule has 1 aliphatic heterocycles. The highest BCUT2D eigenvalue weighted by Crippen LogP contribution is 2.18. The second-order valence-electron chi connectivity index (χ2n) is 4.14. The van der Waals surface area contributed by atoms with E-state index in [0.29, 0.717) is 18.4 Å². The number of rotatable bonds is 3. The van der Waals surface area contributed by atoms with Crippen molar-refractivity contribution in [1.82, 2.24) is 14.3 Å². The normalized spacial score (nSPS) is 22.2. The van der Waals surface area contributed by atoms with E-state index in [-0.39, 0.29) is 5.01 Å². The average Bonchev–Trinajstić information content (AvgIpc) is 2.70. The van der Waals surface area contributed by atoms with Crippen LogP contribution in [0.3, 0.4) is 0 Å². The van der Waals surface area contributed by atoms with Crippen LogP contribution >= 0.6 is 11.5 Å². The van der Waals surface area contributed by atoms with Crippen molar-refractivity contribution < 1.29 is 9.90 Å². The maximum atomic E-state index is 10.7. The highest BCUT2D eigenvalue weighted by molar-refractivity contribution is 7.07. The maximum absolute atomic E-state index is 10.7. The third-order valence-electron chi connectivity index (χ3n) is 2.94. The van der Waals surface area contributed by atoms with E-state index in [1.165, 1.54) is 19.3 Å². The Labute approximate surface area is 98.3 Å². The van der Waals surface area contributed by atoms with Crippen LogP contribution in [-0.2, 0) is 6.54 Å². The standard InChI is InChI=1S/C10H15N3O2S/c1-7-4-2-3-5-13(7)6-8-11-9(10(14)15)16-12-8/h7H,2-6H2,1H3,(H,14,15). The molecular weight excluding hydrogens is 226 g/mol. The first-order valence-corrected chi connectivity index (χ1v) is 6.24. The molecule has 0 radical (unpaired) electrons. The zero-order chi connectivity index (χ0) is 11.5. The van der Waals surface area contributed by atoms with Gasteiger partial charge in [-0.25, -0.2) is 9.78 Å². The van der Waals surface area contributed by atoms with Crippen LogP contribution in [0.1, 0.15) is 41.8 Å². The fourth-order valence-electron chi connectivity index (χ4n) is 1.98. The number of nitrogens with zero attached hydrogens (tertiary/aromatic N) is 3. The second-order valence-corrected chi connectivity index (χ2v) is 4.89. The first kappa shape index (κ1) is 11.5. The molecule has 16 heavy (non-hydrogen) atoms. The first-order chi connectivity index (χ1) is 7.66. The SMILES string of the molecule is CC1CCCCN1Cc1nsc(C(=O)O)n1. The molecular formula is C10H15N3O2S. The highest BCUT2D eigenvalue weighted by atomic mass is 32.1. The zero-order valence-corrected chi connectivity index (χ0v) is 10.0. The van der Waals surface area contributed by atoms with E-state index in [0.717, 1.165) is 18.1 Å². The van der Waals surface area contributed by atoms with Gasteiger partial charge >= 0.3 is 5.97 Å². The fourth-order valence-corrected chi connectivity index (χ4v) is 2.49. The van der Waals surface area contributed by atoms with Crippen LogP contribution in [0.2, 0.25) is 0 Å². The van der Waals surface area contributed by atoms with Crippen LogP contribution < -0.4 is 0 Å². The molecule has 0 amide bonds. The van der Waals surface area contributed by atoms with Crippen molar-refractivity contribution in [3.63, 3.8) is 0 Å². The van der Waals surface area contributed by atoms with Crippen LogP contribution in [0.15, 0.2) is 0 Å². The molecule has 1 aromatic rings. The molecule has 1 aromatic heterocycles. The number of aromatic carboxylic acids is 1. The predicted octanol–water partition coefficient (Wildman–Crippen LogP) is 1.61. The van der Waals surface area contributed by atoms with E-state index >= 15 is 0 Å². The Hall–Kier alpha value is -1.01. The number of hydrogen-bond acceptors (Lipinski definition) is 5. The topological polar surface area (TPSA) is 66.3 Å². The van der Waals surface area contributed by atoms with Gasteiger partial charge in [-0.15, -0.1) is 0 Å². The van der Waals surface area contributed by atoms with Crippen LogP contribution in [0.25, 0.3) is 0 Å². The van der Waals surface area contributed by atoms with Gasteiger partial charge < -0.3 is 5.11 Å². The first-order valence-electron chi connectivity index (χ1n) is 5.47. The van der Waals surface area contributed by atoms with Gasteiger partial charge in [-0.05, 0) is 37.8 Å². The lowest BCUT2D eigenvalue weighted by molar-refractivity contribution is 0.0696. The Morgan fingerprint density at radius 1 is 1.62 bits per heavy atom. The molecule has 1 N–H and O–H groups in total. The van der Waals surface area contributed by atoms with E-state index in [2.05, 4.69) is 21.2 Å². The summed E-state index contributed by atoms with van der Waals surface area (Å²) in [5.74, 6) is -0.355. The Kier molecular flexibility index (Phi) is 3.50. The van der Waals surface area contributed by atoms with Gasteiger partial charge in [-0.1, -0.05) is 6.42 Å². The Bertz CT molecular complexity index is 380. The number of carbonyl (C=O) groups is 1. The summed E-state index contributed by atoms with van der Waals surface area (Å²) in [7, 11) is 0. The highest BCUT2D eigenvalue weighted by Gasteiger charge is 2.20. The van der Waals surface area contributed by atoms with Gasteiger partial charge in [0.2, 0.25) is 5.01 Å². The van der Waals surface area contributed by atoms with E-state index in [4.69, 9.17) is 5.11 Å². The lowest BCUT2D eigenvalue weighted by Crippen LogP contribution is -2.37. The molecule has 5 nitrogen and oxygen atoms in total. The van der Waals surface area contributed by atoms with Crippen molar-refractivity contribution in [3.8, 4) is 0 Å². The summed E-state index contributed by atoms with van der Waals surface area (Å²) >= 11 is 0.960. The third kappa shape index (κ3) is 2.56. The summed E-state index contributed by atoms with van der Waals surface area (Å²) in [5.41, 5.74) is 0. The summed E-state index contributed by atoms with van der Waals surface area (Å²) in [6, 6.07) is 0.547. The summed E-state index contributed by atoms with van der Waals surface area (Å²) in [6.45, 7) is 3.93. The molecule has 2 heterocycles. The van der Waals surface area contributed by atoms with Crippen LogP contribution in [0.5, 0.6) is 0 Å². The van der Waals surface area contributed by atoms with Gasteiger partial charge in [0.25, 0.3) is 0 Å². The lowest BCUT2D eigenvalue weighted by atomic mass is 10.0. The molecule has 0 bridgehead atoms. The number of likely N-dealkylation sites (tertiary alicyclic amines) is 1. The van der Waals surface area contributed by atoms with Crippen molar-refractivity contribution in [3.05, 3.63) is 10.8 Å². The Balaban J connectivity index is 1.99. The summed E-state index contributed by atoms with van der Waals surface area (Å²) in [4.78, 5) is 17.0. The van der Waals surface area contributed by atoms with Crippen molar-refractivity contribution in [2.45, 2.75) is 38.8 Å². The number of hydrogen-bond donors (Lipinski definition) is 1. The number of carboxylic acid groups (broad SMARTS) is 1. The minimum atomic E-state index is -0.990. The number of carboxylic acids is 1. The summed E-state index contributed by atoms with van der Waals surface area (Å²) < 4.78 is 4.07. The van der Waals surface area contributed by atoms with Gasteiger partial charge in [0, 0.05) is 6.04 Å². The summed E-state index contributed by atoms with van der Waals surface area (Å²) in [5, 5.41) is 8.83. The molecule has 88 valence electrons. The van der Waals surface area contributed by atoms with E-state index in [1.54, 1.807) is 0 Å². The molecule has 6 heteroatoms. The van der Waals surface area contributed by atoms with Crippen molar-refractivity contribution in [2.75, 3.05) is 6.54 Å². The van der Waals surface area contributed by atoms with Gasteiger partial charge in [-0.2, -0.15) is 4.37 Å². The van der Waals surface area contributed by atoms with Crippen molar-refractivity contribution in [2.24, 2.45) is 0 Å². The Morgan fingerprint density at radius 3 is 3.06 bits per heavy atom. The third-order valence-corrected chi connectivity index (χ3v) is 3.68. The average molecular weight is 241 g/mol. The monoisotopic (exact) mass is 241 g/mol. The molecule has 2 rings (SSSR count). The Morgan fingerprint density at radius 2 is 2.44 bits per heavy atom. The van der Waals surface area contributed by atoms with Gasteiger partial charge in [0.15, 0.2) is 5.82 Å². The molecule has 1 unspecified atom stereocenters. The predicted molar refractivity (Wildman–Crippen MR) is 60.6 cm³/mol. The summed E-state index contributed by atoms with van der Waals surface area (Å²) in [6.07, 6.45) is 3.69. The van der Waals surface area contributed by atoms with E-state index < -0.39 is 5.97 Å². The zero-order valence-electron chi connectivity index (χ0n) is 9.22. The molecule has 1 saturated heterocycles.